The molecule has 0 spiro atoms. The van der Waals surface area contributed by atoms with Crippen molar-refractivity contribution in [1.82, 2.24) is 0 Å². The second-order valence-electron chi connectivity index (χ2n) is 7.06. The quantitative estimate of drug-likeness (QED) is 0.447. The molecule has 0 saturated carbocycles. The molecule has 2 rings (SSSR count). The van der Waals surface area contributed by atoms with Gasteiger partial charge in [-0.05, 0) is 48.6 Å². The highest BCUT2D eigenvalue weighted by Gasteiger charge is 2.27. The van der Waals surface area contributed by atoms with Gasteiger partial charge in [0.25, 0.3) is 10.1 Å². The van der Waals surface area contributed by atoms with E-state index in [4.69, 9.17) is 4.55 Å². The minimum Gasteiger partial charge on any atom is -0.294 e. The summed E-state index contributed by atoms with van der Waals surface area (Å²) >= 11 is 0. The van der Waals surface area contributed by atoms with Gasteiger partial charge in [-0.3, -0.25) is 9.55 Å². The van der Waals surface area contributed by atoms with Gasteiger partial charge in [0.2, 0.25) is 0 Å². The first-order valence-corrected chi connectivity index (χ1v) is 10.2. The van der Waals surface area contributed by atoms with Gasteiger partial charge in [0.1, 0.15) is 0 Å². The topological polar surface area (TPSA) is 66.7 Å². The molecule has 0 aliphatic carbocycles. The third-order valence-corrected chi connectivity index (χ3v) is 5.63. The molecule has 0 radical (unpaired) electrons. The molecule has 0 atom stereocenters. The van der Waals surface area contributed by atoms with Crippen LogP contribution in [0.15, 0.2) is 41.4 Å². The molecule has 0 unspecified atom stereocenters. The maximum Gasteiger partial charge on any atom is 0.264 e. The fraction of sp³-hybridized carbons (Fsp3) is 0.450. The predicted molar refractivity (Wildman–Crippen MR) is 105 cm³/mol. The summed E-state index contributed by atoms with van der Waals surface area (Å²) in [6.45, 7) is 9.08. The Labute approximate surface area is 150 Å². The van der Waals surface area contributed by atoms with E-state index in [9.17, 15) is 8.42 Å². The average molecular weight is 362 g/mol. The molecule has 4 nitrogen and oxygen atoms in total. The monoisotopic (exact) mass is 361 g/mol. The lowest BCUT2D eigenvalue weighted by atomic mass is 9.76. The van der Waals surface area contributed by atoms with Crippen LogP contribution in [0.1, 0.15) is 44.7 Å². The second kappa shape index (κ2) is 7.67. The van der Waals surface area contributed by atoms with Gasteiger partial charge in [0.15, 0.2) is 0 Å². The number of hydrogen-bond acceptors (Lipinski definition) is 3. The van der Waals surface area contributed by atoms with Crippen molar-refractivity contribution in [2.45, 2.75) is 46.0 Å². The molecule has 0 aromatic heterocycles. The molecule has 5 heteroatoms. The third kappa shape index (κ3) is 4.89. The van der Waals surface area contributed by atoms with Crippen LogP contribution < -0.4 is 0 Å². The zero-order valence-electron chi connectivity index (χ0n) is 15.4. The fourth-order valence-corrected chi connectivity index (χ4v) is 3.80. The standard InChI is InChI=1S/C20H27NO3S/c1-15-11-12-17-9-5-6-10-18(17)19(15)20(3,4)16(2)21-13-7-8-14-25(22,23)24/h5-6,9-12H,7-8,13-14H2,1-4H3,(H,22,23,24)/b21-16+. The Morgan fingerprint density at radius 2 is 1.80 bits per heavy atom. The van der Waals surface area contributed by atoms with Crippen molar-refractivity contribution in [3.63, 3.8) is 0 Å². The van der Waals surface area contributed by atoms with E-state index in [1.807, 2.05) is 13.0 Å². The van der Waals surface area contributed by atoms with Crippen molar-refractivity contribution in [1.29, 1.82) is 0 Å². The van der Waals surface area contributed by atoms with Gasteiger partial charge in [-0.2, -0.15) is 8.42 Å². The number of aliphatic imine (C=N–C) groups is 1. The van der Waals surface area contributed by atoms with E-state index in [0.29, 0.717) is 19.4 Å². The molecule has 0 heterocycles. The summed E-state index contributed by atoms with van der Waals surface area (Å²) in [4.78, 5) is 4.68. The normalized spacial score (nSPS) is 13.4. The SMILES string of the molecule is C/C(=N\CCCCS(=O)(=O)O)C(C)(C)c1c(C)ccc2ccccc12. The summed E-state index contributed by atoms with van der Waals surface area (Å²) in [7, 11) is -3.87. The Balaban J connectivity index is 2.23. The molecule has 0 aliphatic heterocycles. The van der Waals surface area contributed by atoms with Crippen LogP contribution in [0.2, 0.25) is 0 Å². The Morgan fingerprint density at radius 1 is 1.12 bits per heavy atom. The number of aryl methyl sites for hydroxylation is 1. The Hall–Kier alpha value is -1.72. The lowest BCUT2D eigenvalue weighted by Crippen LogP contribution is -2.28. The zero-order chi connectivity index (χ0) is 18.7. The highest BCUT2D eigenvalue weighted by molar-refractivity contribution is 7.85. The van der Waals surface area contributed by atoms with E-state index in [2.05, 4.69) is 56.1 Å². The molecule has 0 bridgehead atoms. The number of nitrogens with zero attached hydrogens (tertiary/aromatic N) is 1. The van der Waals surface area contributed by atoms with Crippen molar-refractivity contribution in [3.05, 3.63) is 47.5 Å². The molecule has 0 aliphatic rings. The second-order valence-corrected chi connectivity index (χ2v) is 8.64. The first kappa shape index (κ1) is 19.6. The van der Waals surface area contributed by atoms with Gasteiger partial charge < -0.3 is 0 Å². The molecule has 2 aromatic carbocycles. The minimum absolute atomic E-state index is 0.201. The lowest BCUT2D eigenvalue weighted by Gasteiger charge is -2.29. The van der Waals surface area contributed by atoms with Crippen LogP contribution in [0.3, 0.4) is 0 Å². The zero-order valence-corrected chi connectivity index (χ0v) is 16.2. The molecule has 2 aromatic rings. The lowest BCUT2D eigenvalue weighted by molar-refractivity contribution is 0.480. The van der Waals surface area contributed by atoms with Gasteiger partial charge in [-0.25, -0.2) is 0 Å². The first-order chi connectivity index (χ1) is 11.6. The van der Waals surface area contributed by atoms with Crippen molar-refractivity contribution >= 4 is 26.6 Å². The van der Waals surface area contributed by atoms with Crippen molar-refractivity contribution in [2.75, 3.05) is 12.3 Å². The van der Waals surface area contributed by atoms with Crippen molar-refractivity contribution < 1.29 is 13.0 Å². The Morgan fingerprint density at radius 3 is 2.48 bits per heavy atom. The Kier molecular flexibility index (Phi) is 6.01. The van der Waals surface area contributed by atoms with Crippen LogP contribution in [-0.2, 0) is 15.5 Å². The Bertz CT molecular complexity index is 883. The molecule has 0 fully saturated rings. The summed E-state index contributed by atoms with van der Waals surface area (Å²) in [6.07, 6.45) is 1.06. The maximum atomic E-state index is 10.8. The fourth-order valence-electron chi connectivity index (χ4n) is 3.23. The molecule has 1 N–H and O–H groups in total. The van der Waals surface area contributed by atoms with Crippen molar-refractivity contribution in [3.8, 4) is 0 Å². The van der Waals surface area contributed by atoms with E-state index >= 15 is 0 Å². The van der Waals surface area contributed by atoms with Gasteiger partial charge in [-0.15, -0.1) is 0 Å². The highest BCUT2D eigenvalue weighted by Crippen LogP contribution is 2.34. The highest BCUT2D eigenvalue weighted by atomic mass is 32.2. The number of unbranched alkanes of at least 4 members (excludes halogenated alkanes) is 1. The van der Waals surface area contributed by atoms with Gasteiger partial charge >= 0.3 is 0 Å². The maximum absolute atomic E-state index is 10.8. The molecule has 25 heavy (non-hydrogen) atoms. The van der Waals surface area contributed by atoms with Crippen LogP contribution >= 0.6 is 0 Å². The first-order valence-electron chi connectivity index (χ1n) is 8.58. The summed E-state index contributed by atoms with van der Waals surface area (Å²) in [5, 5.41) is 2.46. The molecule has 136 valence electrons. The van der Waals surface area contributed by atoms with Crippen LogP contribution in [0, 0.1) is 6.92 Å². The summed E-state index contributed by atoms with van der Waals surface area (Å²) < 4.78 is 30.3. The molecule has 0 amide bonds. The number of rotatable bonds is 7. The predicted octanol–water partition coefficient (Wildman–Crippen LogP) is 4.55. The summed E-state index contributed by atoms with van der Waals surface area (Å²) in [5.74, 6) is -0.201. The van der Waals surface area contributed by atoms with Crippen LogP contribution in [0.4, 0.5) is 0 Å². The molecular formula is C20H27NO3S. The van der Waals surface area contributed by atoms with E-state index in [0.717, 1.165) is 5.71 Å². The van der Waals surface area contributed by atoms with Gasteiger partial charge in [-0.1, -0.05) is 50.2 Å². The third-order valence-electron chi connectivity index (χ3n) is 4.83. The molecule has 0 saturated heterocycles. The van der Waals surface area contributed by atoms with Crippen LogP contribution in [0.5, 0.6) is 0 Å². The smallest absolute Gasteiger partial charge is 0.264 e. The van der Waals surface area contributed by atoms with Gasteiger partial charge in [0.05, 0.1) is 5.75 Å². The largest absolute Gasteiger partial charge is 0.294 e. The molecular weight excluding hydrogens is 334 g/mol. The number of fused-ring (bicyclic) bond motifs is 1. The van der Waals surface area contributed by atoms with E-state index in [1.165, 1.54) is 21.9 Å². The van der Waals surface area contributed by atoms with Crippen LogP contribution in [-0.4, -0.2) is 31.0 Å². The average Bonchev–Trinajstić information content (AvgIpc) is 2.52. The minimum atomic E-state index is -3.87. The van der Waals surface area contributed by atoms with Gasteiger partial charge in [0, 0.05) is 17.7 Å². The number of benzene rings is 2. The van der Waals surface area contributed by atoms with E-state index in [-0.39, 0.29) is 11.2 Å². The van der Waals surface area contributed by atoms with Crippen LogP contribution in [0.25, 0.3) is 10.8 Å². The number of hydrogen-bond donors (Lipinski definition) is 1. The van der Waals surface area contributed by atoms with E-state index in [1.54, 1.807) is 0 Å². The summed E-state index contributed by atoms with van der Waals surface area (Å²) in [6, 6.07) is 12.7. The van der Waals surface area contributed by atoms with E-state index < -0.39 is 10.1 Å². The van der Waals surface area contributed by atoms with Crippen molar-refractivity contribution in [2.24, 2.45) is 4.99 Å². The summed E-state index contributed by atoms with van der Waals surface area (Å²) in [5.41, 5.74) is 3.33.